The van der Waals surface area contributed by atoms with Gasteiger partial charge in [0.05, 0.1) is 23.2 Å². The van der Waals surface area contributed by atoms with Gasteiger partial charge in [0.15, 0.2) is 0 Å². The number of nitrogens with zero attached hydrogens (tertiary/aromatic N) is 2. The van der Waals surface area contributed by atoms with Crippen LogP contribution in [0.1, 0.15) is 21.7 Å². The molecule has 0 aliphatic carbocycles. The van der Waals surface area contributed by atoms with Crippen molar-refractivity contribution in [1.29, 1.82) is 0 Å². The highest BCUT2D eigenvalue weighted by Crippen LogP contribution is 2.17. The normalized spacial score (nSPS) is 11.0. The Hall–Kier alpha value is -3.14. The van der Waals surface area contributed by atoms with E-state index in [1.807, 2.05) is 49.4 Å². The van der Waals surface area contributed by atoms with Crippen molar-refractivity contribution in [1.82, 2.24) is 4.57 Å². The standard InChI is InChI=1S/C19H16N2O2/c1-14-7-12-18(21(14)17-5-3-2-4-6-17)13-20-16-10-8-15(9-11-16)19(22)23/h2-13H,1H3,(H,22,23). The van der Waals surface area contributed by atoms with Crippen LogP contribution in [0.25, 0.3) is 5.69 Å². The molecule has 1 N–H and O–H groups in total. The Morgan fingerprint density at radius 1 is 1.00 bits per heavy atom. The van der Waals surface area contributed by atoms with Crippen LogP contribution >= 0.6 is 0 Å². The summed E-state index contributed by atoms with van der Waals surface area (Å²) in [6.07, 6.45) is 1.79. The zero-order valence-electron chi connectivity index (χ0n) is 12.7. The summed E-state index contributed by atoms with van der Waals surface area (Å²) >= 11 is 0. The maximum absolute atomic E-state index is 10.9. The smallest absolute Gasteiger partial charge is 0.335 e. The molecule has 114 valence electrons. The van der Waals surface area contributed by atoms with Crippen LogP contribution in [0.5, 0.6) is 0 Å². The second kappa shape index (κ2) is 6.32. The van der Waals surface area contributed by atoms with Crippen molar-refractivity contribution < 1.29 is 9.90 Å². The molecule has 2 aromatic carbocycles. The lowest BCUT2D eigenvalue weighted by atomic mass is 10.2. The first kappa shape index (κ1) is 14.8. The van der Waals surface area contributed by atoms with Crippen molar-refractivity contribution in [3.63, 3.8) is 0 Å². The van der Waals surface area contributed by atoms with Gasteiger partial charge in [0.1, 0.15) is 0 Å². The van der Waals surface area contributed by atoms with Gasteiger partial charge in [-0.05, 0) is 55.5 Å². The van der Waals surface area contributed by atoms with E-state index in [-0.39, 0.29) is 5.56 Å². The number of carboxylic acids is 1. The minimum atomic E-state index is -0.936. The predicted molar refractivity (Wildman–Crippen MR) is 91.2 cm³/mol. The molecular formula is C19H16N2O2. The van der Waals surface area contributed by atoms with Gasteiger partial charge in [-0.2, -0.15) is 0 Å². The van der Waals surface area contributed by atoms with Crippen molar-refractivity contribution in [2.24, 2.45) is 4.99 Å². The molecule has 1 heterocycles. The number of carbonyl (C=O) groups is 1. The quantitative estimate of drug-likeness (QED) is 0.733. The Morgan fingerprint density at radius 3 is 2.35 bits per heavy atom. The summed E-state index contributed by atoms with van der Waals surface area (Å²) in [4.78, 5) is 15.3. The fourth-order valence-corrected chi connectivity index (χ4v) is 2.42. The Labute approximate surface area is 134 Å². The van der Waals surface area contributed by atoms with E-state index in [0.29, 0.717) is 5.69 Å². The highest BCUT2D eigenvalue weighted by Gasteiger charge is 2.05. The number of hydrogen-bond donors (Lipinski definition) is 1. The Bertz CT molecular complexity index is 847. The number of aryl methyl sites for hydroxylation is 1. The van der Waals surface area contributed by atoms with Gasteiger partial charge >= 0.3 is 5.97 Å². The van der Waals surface area contributed by atoms with Crippen LogP contribution in [0.3, 0.4) is 0 Å². The Morgan fingerprint density at radius 2 is 1.70 bits per heavy atom. The molecule has 0 bridgehead atoms. The number of para-hydroxylation sites is 1. The first-order chi connectivity index (χ1) is 11.1. The summed E-state index contributed by atoms with van der Waals surface area (Å²) < 4.78 is 2.12. The second-order valence-corrected chi connectivity index (χ2v) is 5.18. The van der Waals surface area contributed by atoms with Crippen LogP contribution in [-0.2, 0) is 0 Å². The largest absolute Gasteiger partial charge is 0.478 e. The molecule has 0 saturated heterocycles. The fourth-order valence-electron chi connectivity index (χ4n) is 2.42. The minimum Gasteiger partial charge on any atom is -0.478 e. The minimum absolute atomic E-state index is 0.257. The van der Waals surface area contributed by atoms with Gasteiger partial charge in [0.2, 0.25) is 0 Å². The van der Waals surface area contributed by atoms with Gasteiger partial charge in [-0.15, -0.1) is 0 Å². The Balaban J connectivity index is 1.90. The molecule has 0 aliphatic heterocycles. The molecule has 0 unspecified atom stereocenters. The zero-order valence-corrected chi connectivity index (χ0v) is 12.7. The van der Waals surface area contributed by atoms with Crippen LogP contribution < -0.4 is 0 Å². The van der Waals surface area contributed by atoms with Gasteiger partial charge in [0.25, 0.3) is 0 Å². The SMILES string of the molecule is Cc1ccc(C=Nc2ccc(C(=O)O)cc2)n1-c1ccccc1. The van der Waals surface area contributed by atoms with Crippen molar-refractivity contribution in [2.45, 2.75) is 6.92 Å². The Kier molecular flexibility index (Phi) is 4.06. The maximum Gasteiger partial charge on any atom is 0.335 e. The van der Waals surface area contributed by atoms with E-state index in [1.54, 1.807) is 30.5 Å². The van der Waals surface area contributed by atoms with Crippen LogP contribution in [-0.4, -0.2) is 21.9 Å². The van der Waals surface area contributed by atoms with Gasteiger partial charge in [0, 0.05) is 11.4 Å². The summed E-state index contributed by atoms with van der Waals surface area (Å²) in [5, 5.41) is 8.91. The van der Waals surface area contributed by atoms with Crippen molar-refractivity contribution in [3.8, 4) is 5.69 Å². The number of rotatable bonds is 4. The van der Waals surface area contributed by atoms with E-state index in [2.05, 4.69) is 9.56 Å². The van der Waals surface area contributed by atoms with E-state index in [4.69, 9.17) is 5.11 Å². The van der Waals surface area contributed by atoms with Crippen LogP contribution in [0, 0.1) is 6.92 Å². The number of carboxylic acid groups (broad SMARTS) is 1. The molecule has 0 spiro atoms. The molecule has 0 amide bonds. The predicted octanol–water partition coefficient (Wildman–Crippen LogP) is 4.23. The van der Waals surface area contributed by atoms with Crippen LogP contribution in [0.15, 0.2) is 71.7 Å². The van der Waals surface area contributed by atoms with E-state index in [9.17, 15) is 4.79 Å². The summed E-state index contributed by atoms with van der Waals surface area (Å²) in [6.45, 7) is 2.05. The molecule has 3 aromatic rings. The third kappa shape index (κ3) is 3.21. The second-order valence-electron chi connectivity index (χ2n) is 5.18. The van der Waals surface area contributed by atoms with E-state index in [1.165, 1.54) is 0 Å². The van der Waals surface area contributed by atoms with Crippen LogP contribution in [0.2, 0.25) is 0 Å². The summed E-state index contributed by atoms with van der Waals surface area (Å²) in [6, 6.07) is 20.6. The van der Waals surface area contributed by atoms with Gasteiger partial charge in [-0.25, -0.2) is 4.79 Å². The number of benzene rings is 2. The molecule has 23 heavy (non-hydrogen) atoms. The molecule has 4 heteroatoms. The summed E-state index contributed by atoms with van der Waals surface area (Å²) in [7, 11) is 0. The molecule has 0 aliphatic rings. The third-order valence-corrected chi connectivity index (χ3v) is 3.58. The highest BCUT2D eigenvalue weighted by molar-refractivity contribution is 5.88. The maximum atomic E-state index is 10.9. The van der Waals surface area contributed by atoms with Crippen molar-refractivity contribution in [3.05, 3.63) is 83.7 Å². The van der Waals surface area contributed by atoms with Gasteiger partial charge < -0.3 is 9.67 Å². The lowest BCUT2D eigenvalue weighted by Gasteiger charge is -2.08. The van der Waals surface area contributed by atoms with Crippen molar-refractivity contribution in [2.75, 3.05) is 0 Å². The van der Waals surface area contributed by atoms with Crippen LogP contribution in [0.4, 0.5) is 5.69 Å². The zero-order chi connectivity index (χ0) is 16.2. The first-order valence-electron chi connectivity index (χ1n) is 7.26. The molecule has 3 rings (SSSR count). The van der Waals surface area contributed by atoms with E-state index >= 15 is 0 Å². The molecular weight excluding hydrogens is 288 g/mol. The van der Waals surface area contributed by atoms with E-state index < -0.39 is 5.97 Å². The number of aromatic nitrogens is 1. The lowest BCUT2D eigenvalue weighted by Crippen LogP contribution is -2.00. The number of aromatic carboxylic acids is 1. The number of hydrogen-bond acceptors (Lipinski definition) is 2. The highest BCUT2D eigenvalue weighted by atomic mass is 16.4. The van der Waals surface area contributed by atoms with Gasteiger partial charge in [-0.1, -0.05) is 18.2 Å². The molecule has 0 radical (unpaired) electrons. The topological polar surface area (TPSA) is 54.6 Å². The molecule has 1 aromatic heterocycles. The lowest BCUT2D eigenvalue weighted by molar-refractivity contribution is 0.0697. The molecule has 0 saturated carbocycles. The first-order valence-corrected chi connectivity index (χ1v) is 7.26. The summed E-state index contributed by atoms with van der Waals surface area (Å²) in [5.74, 6) is -0.936. The molecule has 4 nitrogen and oxygen atoms in total. The van der Waals surface area contributed by atoms with Gasteiger partial charge in [-0.3, -0.25) is 4.99 Å². The molecule has 0 atom stereocenters. The summed E-state index contributed by atoms with van der Waals surface area (Å²) in [5.41, 5.74) is 4.15. The fraction of sp³-hybridized carbons (Fsp3) is 0.0526. The number of aliphatic imine (C=N–C) groups is 1. The average molecular weight is 304 g/mol. The third-order valence-electron chi connectivity index (χ3n) is 3.58. The molecule has 0 fully saturated rings. The van der Waals surface area contributed by atoms with Crippen molar-refractivity contribution >= 4 is 17.9 Å². The van der Waals surface area contributed by atoms with E-state index in [0.717, 1.165) is 17.1 Å². The monoisotopic (exact) mass is 304 g/mol. The average Bonchev–Trinajstić information content (AvgIpc) is 2.95.